The number of hydrogen-bond donors (Lipinski definition) is 9. The first kappa shape index (κ1) is 32.4. The molecule has 5 atom stereocenters. The molecular weight excluding hydrogens is 536 g/mol. The minimum absolute atomic E-state index is 0.0682. The van der Waals surface area contributed by atoms with E-state index in [4.69, 9.17) is 17.2 Å². The Hall–Kier alpha value is -3.78. The van der Waals surface area contributed by atoms with Crippen LogP contribution in [-0.4, -0.2) is 76.2 Å². The van der Waals surface area contributed by atoms with Crippen molar-refractivity contribution in [3.05, 3.63) is 36.0 Å². The second-order valence-electron chi connectivity index (χ2n) is 9.63. The van der Waals surface area contributed by atoms with Gasteiger partial charge >= 0.3 is 5.97 Å². The molecule has 220 valence electrons. The number of thiol groups is 1. The van der Waals surface area contributed by atoms with Gasteiger partial charge in [0.1, 0.15) is 18.1 Å². The maximum atomic E-state index is 13.5. The van der Waals surface area contributed by atoms with Gasteiger partial charge in [-0.3, -0.25) is 19.4 Å². The van der Waals surface area contributed by atoms with Crippen LogP contribution in [0.3, 0.4) is 0 Å². The number of benzene rings is 1. The number of amides is 3. The fourth-order valence-corrected chi connectivity index (χ4v) is 4.24. The summed E-state index contributed by atoms with van der Waals surface area (Å²) in [5, 5.41) is 18.5. The third-order valence-corrected chi connectivity index (χ3v) is 7.01. The number of aliphatic carboxylic acids is 1. The zero-order chi connectivity index (χ0) is 29.8. The van der Waals surface area contributed by atoms with Gasteiger partial charge in [-0.15, -0.1) is 0 Å². The van der Waals surface area contributed by atoms with Crippen molar-refractivity contribution in [2.75, 3.05) is 12.3 Å². The molecule has 2 rings (SSSR count). The summed E-state index contributed by atoms with van der Waals surface area (Å²) >= 11 is 4.04. The van der Waals surface area contributed by atoms with Crippen LogP contribution in [0.15, 0.2) is 35.5 Å². The lowest BCUT2D eigenvalue weighted by Gasteiger charge is -2.28. The topological polar surface area (TPSA) is 231 Å². The number of nitrogens with zero attached hydrogens (tertiary/aromatic N) is 1. The van der Waals surface area contributed by atoms with Crippen molar-refractivity contribution in [1.82, 2.24) is 20.9 Å². The first-order chi connectivity index (χ1) is 19.0. The summed E-state index contributed by atoms with van der Waals surface area (Å²) in [6.07, 6.45) is 2.74. The molecular formula is C26H40N8O5S. The standard InChI is InChI=1S/C26H40N8O5S/c1-3-14(2)21(34-22(35)17(27)13-40)24(37)33-20(11-15-12-31-18-8-5-4-7-16(15)18)23(36)32-19(25(38)39)9-6-10-30-26(28)29/h4-5,7-8,12,14,17,19-21,31,40H,3,6,9-11,13,27H2,1-2H3,(H,32,36)(H,33,37)(H,34,35)(H,38,39)(H4,28,29,30). The number of guanidine groups is 1. The Bertz CT molecular complexity index is 1200. The normalized spacial score (nSPS) is 14.8. The molecule has 0 bridgehead atoms. The minimum Gasteiger partial charge on any atom is -0.480 e. The minimum atomic E-state index is -1.24. The van der Waals surface area contributed by atoms with Crippen LogP contribution < -0.4 is 33.2 Å². The van der Waals surface area contributed by atoms with Gasteiger partial charge in [-0.05, 0) is 30.4 Å². The summed E-state index contributed by atoms with van der Waals surface area (Å²) in [6.45, 7) is 3.86. The molecule has 3 amide bonds. The lowest BCUT2D eigenvalue weighted by molar-refractivity contribution is -0.142. The van der Waals surface area contributed by atoms with E-state index in [2.05, 4.69) is 38.6 Å². The van der Waals surface area contributed by atoms with Crippen LogP contribution >= 0.6 is 12.6 Å². The van der Waals surface area contributed by atoms with Crippen LogP contribution in [-0.2, 0) is 25.6 Å². The predicted octanol–water partition coefficient (Wildman–Crippen LogP) is -0.394. The number of carboxylic acids is 1. The number of carbonyl (C=O) groups is 4. The van der Waals surface area contributed by atoms with E-state index >= 15 is 0 Å². The predicted molar refractivity (Wildman–Crippen MR) is 157 cm³/mol. The summed E-state index contributed by atoms with van der Waals surface area (Å²) in [5.41, 5.74) is 18.0. The molecule has 0 radical (unpaired) electrons. The summed E-state index contributed by atoms with van der Waals surface area (Å²) in [6, 6.07) is 3.20. The van der Waals surface area contributed by atoms with Crippen molar-refractivity contribution in [2.24, 2.45) is 28.1 Å². The Balaban J connectivity index is 2.31. The van der Waals surface area contributed by atoms with Crippen molar-refractivity contribution >= 4 is 53.2 Å². The molecule has 0 spiro atoms. The molecule has 5 unspecified atom stereocenters. The van der Waals surface area contributed by atoms with Crippen LogP contribution in [0.2, 0.25) is 0 Å². The highest BCUT2D eigenvalue weighted by atomic mass is 32.1. The van der Waals surface area contributed by atoms with E-state index in [1.54, 1.807) is 13.1 Å². The van der Waals surface area contributed by atoms with E-state index in [1.165, 1.54) is 0 Å². The molecule has 0 aliphatic rings. The average Bonchev–Trinajstić information content (AvgIpc) is 3.34. The number of rotatable bonds is 16. The second kappa shape index (κ2) is 15.7. The van der Waals surface area contributed by atoms with Crippen molar-refractivity contribution in [2.45, 2.75) is 63.7 Å². The average molecular weight is 577 g/mol. The number of carbonyl (C=O) groups excluding carboxylic acids is 3. The van der Waals surface area contributed by atoms with Gasteiger partial charge in [-0.25, -0.2) is 4.79 Å². The number of nitrogens with one attached hydrogen (secondary N) is 4. The highest BCUT2D eigenvalue weighted by molar-refractivity contribution is 7.80. The molecule has 0 saturated carbocycles. The van der Waals surface area contributed by atoms with E-state index < -0.39 is 47.9 Å². The monoisotopic (exact) mass is 576 g/mol. The molecule has 0 fully saturated rings. The van der Waals surface area contributed by atoms with Crippen molar-refractivity contribution < 1.29 is 24.3 Å². The number of H-pyrrole nitrogens is 1. The third-order valence-electron chi connectivity index (χ3n) is 6.62. The summed E-state index contributed by atoms with van der Waals surface area (Å²) in [7, 11) is 0. The molecule has 0 aliphatic carbocycles. The maximum Gasteiger partial charge on any atom is 0.326 e. The van der Waals surface area contributed by atoms with Crippen LogP contribution in [0.1, 0.15) is 38.7 Å². The van der Waals surface area contributed by atoms with Gasteiger partial charge in [-0.1, -0.05) is 38.5 Å². The molecule has 1 aromatic heterocycles. The molecule has 40 heavy (non-hydrogen) atoms. The number of hydrogen-bond acceptors (Lipinski definition) is 7. The molecule has 13 nitrogen and oxygen atoms in total. The van der Waals surface area contributed by atoms with E-state index in [0.717, 1.165) is 16.5 Å². The highest BCUT2D eigenvalue weighted by Crippen LogP contribution is 2.20. The Kier molecular flexibility index (Phi) is 12.7. The molecule has 14 heteroatoms. The van der Waals surface area contributed by atoms with E-state index in [9.17, 15) is 24.3 Å². The number of aromatic amines is 1. The molecule has 0 aliphatic heterocycles. The SMILES string of the molecule is CCC(C)C(NC(=O)C(N)CS)C(=O)NC(Cc1c[nH]c2ccccc12)C(=O)NC(CCCN=C(N)N)C(=O)O. The summed E-state index contributed by atoms with van der Waals surface area (Å²) in [4.78, 5) is 58.3. The molecule has 0 saturated heterocycles. The van der Waals surface area contributed by atoms with Gasteiger partial charge in [0.05, 0.1) is 6.04 Å². The molecule has 2 aromatic rings. The molecule has 1 heterocycles. The van der Waals surface area contributed by atoms with Gasteiger partial charge in [0.15, 0.2) is 5.96 Å². The van der Waals surface area contributed by atoms with Gasteiger partial charge < -0.3 is 43.2 Å². The lowest BCUT2D eigenvalue weighted by atomic mass is 9.96. The Labute approximate surface area is 238 Å². The fraction of sp³-hybridized carbons (Fsp3) is 0.500. The molecule has 1 aromatic carbocycles. The number of aromatic nitrogens is 1. The zero-order valence-electron chi connectivity index (χ0n) is 22.7. The van der Waals surface area contributed by atoms with Crippen LogP contribution in [0.5, 0.6) is 0 Å². The summed E-state index contributed by atoms with van der Waals surface area (Å²) < 4.78 is 0. The van der Waals surface area contributed by atoms with Crippen LogP contribution in [0.4, 0.5) is 0 Å². The maximum absolute atomic E-state index is 13.5. The number of fused-ring (bicyclic) bond motifs is 1. The van der Waals surface area contributed by atoms with Crippen molar-refractivity contribution in [1.29, 1.82) is 0 Å². The number of carboxylic acid groups (broad SMARTS) is 1. The quantitative estimate of drug-likeness (QED) is 0.0551. The largest absolute Gasteiger partial charge is 0.480 e. The smallest absolute Gasteiger partial charge is 0.326 e. The van der Waals surface area contributed by atoms with Gasteiger partial charge in [-0.2, -0.15) is 12.6 Å². The number of para-hydroxylation sites is 1. The Morgan fingerprint density at radius 3 is 2.35 bits per heavy atom. The van der Waals surface area contributed by atoms with Crippen LogP contribution in [0, 0.1) is 5.92 Å². The van der Waals surface area contributed by atoms with Gasteiger partial charge in [0, 0.05) is 35.8 Å². The Morgan fingerprint density at radius 2 is 1.73 bits per heavy atom. The first-order valence-corrected chi connectivity index (χ1v) is 13.7. The van der Waals surface area contributed by atoms with Crippen molar-refractivity contribution in [3.8, 4) is 0 Å². The number of aliphatic imine (C=N–C) groups is 1. The zero-order valence-corrected chi connectivity index (χ0v) is 23.6. The van der Waals surface area contributed by atoms with Gasteiger partial charge in [0.25, 0.3) is 0 Å². The highest BCUT2D eigenvalue weighted by Gasteiger charge is 2.32. The van der Waals surface area contributed by atoms with E-state index in [-0.39, 0.29) is 37.0 Å². The first-order valence-electron chi connectivity index (χ1n) is 13.1. The summed E-state index contributed by atoms with van der Waals surface area (Å²) in [5.74, 6) is -3.36. The van der Waals surface area contributed by atoms with E-state index in [1.807, 2.05) is 31.2 Å². The fourth-order valence-electron chi connectivity index (χ4n) is 4.07. The number of nitrogens with two attached hydrogens (primary N) is 3. The Morgan fingerprint density at radius 1 is 1.05 bits per heavy atom. The van der Waals surface area contributed by atoms with Crippen molar-refractivity contribution in [3.63, 3.8) is 0 Å². The molecule has 11 N–H and O–H groups in total. The van der Waals surface area contributed by atoms with E-state index in [0.29, 0.717) is 12.8 Å². The third kappa shape index (κ3) is 9.45. The van der Waals surface area contributed by atoms with Crippen LogP contribution in [0.25, 0.3) is 10.9 Å². The second-order valence-corrected chi connectivity index (χ2v) is 10.00. The lowest BCUT2D eigenvalue weighted by Crippen LogP contribution is -2.59. The van der Waals surface area contributed by atoms with Gasteiger partial charge in [0.2, 0.25) is 17.7 Å².